The highest BCUT2D eigenvalue weighted by Crippen LogP contribution is 2.20. The highest BCUT2D eigenvalue weighted by Gasteiger charge is 2.30. The van der Waals surface area contributed by atoms with E-state index in [1.54, 1.807) is 0 Å². The van der Waals surface area contributed by atoms with Crippen LogP contribution in [0.4, 0.5) is 0 Å². The summed E-state index contributed by atoms with van der Waals surface area (Å²) >= 11 is 0. The second kappa shape index (κ2) is 10.1. The fourth-order valence-corrected chi connectivity index (χ4v) is 3.99. The smallest absolute Gasteiger partial charge is 0.234 e. The Bertz CT molecular complexity index is 885. The van der Waals surface area contributed by atoms with Crippen molar-refractivity contribution in [2.45, 2.75) is 25.7 Å². The van der Waals surface area contributed by atoms with Crippen LogP contribution < -0.4 is 14.8 Å². The molecular weight excluding hydrogens is 394 g/mol. The third kappa shape index (κ3) is 6.43. The van der Waals surface area contributed by atoms with Crippen molar-refractivity contribution in [3.63, 3.8) is 0 Å². The molecule has 2 aliphatic rings. The lowest BCUT2D eigenvalue weighted by Gasteiger charge is -2.39. The van der Waals surface area contributed by atoms with Gasteiger partial charge in [0.15, 0.2) is 0 Å². The number of rotatable bonds is 9. The Morgan fingerprint density at radius 2 is 1.94 bits per heavy atom. The van der Waals surface area contributed by atoms with Crippen LogP contribution in [0.15, 0.2) is 48.5 Å². The number of aliphatic hydroxyl groups excluding tert-OH is 1. The van der Waals surface area contributed by atoms with Gasteiger partial charge in [0.1, 0.15) is 30.3 Å². The van der Waals surface area contributed by atoms with E-state index in [1.165, 1.54) is 5.56 Å². The number of amides is 1. The van der Waals surface area contributed by atoms with Crippen LogP contribution in [0.3, 0.4) is 0 Å². The van der Waals surface area contributed by atoms with Crippen LogP contribution >= 0.6 is 0 Å². The van der Waals surface area contributed by atoms with Gasteiger partial charge in [-0.2, -0.15) is 0 Å². The van der Waals surface area contributed by atoms with Gasteiger partial charge in [0.2, 0.25) is 5.91 Å². The fraction of sp³-hybridized carbons (Fsp3) is 0.458. The molecule has 0 aromatic heterocycles. The summed E-state index contributed by atoms with van der Waals surface area (Å²) in [7, 11) is 0. The van der Waals surface area contributed by atoms with Crippen molar-refractivity contribution in [2.75, 3.05) is 45.9 Å². The van der Waals surface area contributed by atoms with E-state index >= 15 is 0 Å². The van der Waals surface area contributed by atoms with E-state index in [-0.39, 0.29) is 18.6 Å². The molecule has 2 fully saturated rings. The van der Waals surface area contributed by atoms with E-state index in [0.29, 0.717) is 26.2 Å². The summed E-state index contributed by atoms with van der Waals surface area (Å²) in [5.74, 6) is 1.71. The molecule has 1 unspecified atom stereocenters. The van der Waals surface area contributed by atoms with Crippen molar-refractivity contribution in [3.8, 4) is 11.5 Å². The Labute approximate surface area is 183 Å². The second-order valence-corrected chi connectivity index (χ2v) is 8.45. The molecule has 0 saturated carbocycles. The molecule has 0 radical (unpaired) electrons. The highest BCUT2D eigenvalue weighted by atomic mass is 16.5. The Kier molecular flexibility index (Phi) is 7.06. The van der Waals surface area contributed by atoms with Gasteiger partial charge >= 0.3 is 0 Å². The second-order valence-electron chi connectivity index (χ2n) is 8.45. The van der Waals surface area contributed by atoms with Crippen LogP contribution in [0, 0.1) is 6.92 Å². The van der Waals surface area contributed by atoms with E-state index < -0.39 is 6.10 Å². The molecule has 2 aromatic rings. The Hall–Kier alpha value is -2.61. The molecule has 2 heterocycles. The van der Waals surface area contributed by atoms with E-state index in [0.717, 1.165) is 36.7 Å². The quantitative estimate of drug-likeness (QED) is 0.633. The van der Waals surface area contributed by atoms with Crippen molar-refractivity contribution in [1.82, 2.24) is 15.1 Å². The highest BCUT2D eigenvalue weighted by molar-refractivity contribution is 5.78. The van der Waals surface area contributed by atoms with Gasteiger partial charge in [-0.1, -0.05) is 24.3 Å². The predicted octanol–water partition coefficient (Wildman–Crippen LogP) is 1.43. The largest absolute Gasteiger partial charge is 0.491 e. The summed E-state index contributed by atoms with van der Waals surface area (Å²) in [4.78, 5) is 15.8. The Balaban J connectivity index is 1.16. The molecule has 2 saturated heterocycles. The first-order chi connectivity index (χ1) is 15.0. The molecule has 7 heteroatoms. The number of β-amino-alcohol motifs (C(OH)–C–C–N with tert-alkyl or cyclic N) is 1. The van der Waals surface area contributed by atoms with Gasteiger partial charge in [0, 0.05) is 39.3 Å². The Morgan fingerprint density at radius 1 is 1.13 bits per heavy atom. The lowest BCUT2D eigenvalue weighted by atomic mass is 10.1. The molecule has 1 atom stereocenters. The number of benzene rings is 2. The SMILES string of the molecule is Cc1cccc(OC2CN(CC(O)COc3cccc(CN4CCNC(=O)C4)c3)C2)c1. The van der Waals surface area contributed by atoms with Gasteiger partial charge in [-0.05, 0) is 42.3 Å². The molecule has 2 aliphatic heterocycles. The fourth-order valence-electron chi connectivity index (χ4n) is 3.99. The van der Waals surface area contributed by atoms with Crippen LogP contribution in [-0.4, -0.2) is 78.9 Å². The minimum Gasteiger partial charge on any atom is -0.491 e. The molecule has 2 N–H and O–H groups in total. The number of hydrogen-bond acceptors (Lipinski definition) is 6. The van der Waals surface area contributed by atoms with Crippen molar-refractivity contribution < 1.29 is 19.4 Å². The average Bonchev–Trinajstić information content (AvgIpc) is 2.71. The molecular formula is C24H31N3O4. The van der Waals surface area contributed by atoms with Crippen LogP contribution in [0.1, 0.15) is 11.1 Å². The van der Waals surface area contributed by atoms with E-state index in [9.17, 15) is 9.90 Å². The average molecular weight is 426 g/mol. The van der Waals surface area contributed by atoms with E-state index in [2.05, 4.69) is 28.1 Å². The Morgan fingerprint density at radius 3 is 2.74 bits per heavy atom. The number of hydrogen-bond donors (Lipinski definition) is 2. The monoisotopic (exact) mass is 425 g/mol. The van der Waals surface area contributed by atoms with Gasteiger partial charge in [0.05, 0.1) is 6.54 Å². The van der Waals surface area contributed by atoms with E-state index in [4.69, 9.17) is 9.47 Å². The minimum atomic E-state index is -0.561. The zero-order valence-corrected chi connectivity index (χ0v) is 18.0. The van der Waals surface area contributed by atoms with Gasteiger partial charge in [-0.25, -0.2) is 0 Å². The maximum atomic E-state index is 11.5. The maximum absolute atomic E-state index is 11.5. The topological polar surface area (TPSA) is 74.3 Å². The summed E-state index contributed by atoms with van der Waals surface area (Å²) in [6, 6.07) is 15.9. The summed E-state index contributed by atoms with van der Waals surface area (Å²) in [6.07, 6.45) is -0.391. The summed E-state index contributed by atoms with van der Waals surface area (Å²) in [6.45, 7) is 7.16. The van der Waals surface area contributed by atoms with Gasteiger partial charge in [0.25, 0.3) is 0 Å². The number of carbonyl (C=O) groups excluding carboxylic acids is 1. The van der Waals surface area contributed by atoms with Crippen molar-refractivity contribution in [2.24, 2.45) is 0 Å². The first-order valence-corrected chi connectivity index (χ1v) is 10.9. The summed E-state index contributed by atoms with van der Waals surface area (Å²) in [5.41, 5.74) is 2.28. The first kappa shape index (κ1) is 21.6. The number of piperazine rings is 1. The van der Waals surface area contributed by atoms with Crippen molar-refractivity contribution in [3.05, 3.63) is 59.7 Å². The number of ether oxygens (including phenoxy) is 2. The zero-order chi connectivity index (χ0) is 21.6. The lowest BCUT2D eigenvalue weighted by Crippen LogP contribution is -2.56. The third-order valence-corrected chi connectivity index (χ3v) is 5.55. The number of aliphatic hydroxyl groups is 1. The number of aryl methyl sites for hydroxylation is 1. The van der Waals surface area contributed by atoms with Crippen LogP contribution in [0.5, 0.6) is 11.5 Å². The van der Waals surface area contributed by atoms with Gasteiger partial charge < -0.3 is 19.9 Å². The summed E-state index contributed by atoms with van der Waals surface area (Å²) in [5, 5.41) is 13.2. The number of likely N-dealkylation sites (tertiary alicyclic amines) is 1. The number of carbonyl (C=O) groups is 1. The normalized spacial score (nSPS) is 18.8. The van der Waals surface area contributed by atoms with Gasteiger partial charge in [-0.3, -0.25) is 14.6 Å². The number of nitrogens with zero attached hydrogens (tertiary/aromatic N) is 2. The molecule has 166 valence electrons. The van der Waals surface area contributed by atoms with Crippen molar-refractivity contribution in [1.29, 1.82) is 0 Å². The summed E-state index contributed by atoms with van der Waals surface area (Å²) < 4.78 is 11.8. The molecule has 0 bridgehead atoms. The van der Waals surface area contributed by atoms with Crippen LogP contribution in [0.25, 0.3) is 0 Å². The molecule has 0 aliphatic carbocycles. The molecule has 31 heavy (non-hydrogen) atoms. The third-order valence-electron chi connectivity index (χ3n) is 5.55. The van der Waals surface area contributed by atoms with E-state index in [1.807, 2.05) is 42.5 Å². The minimum absolute atomic E-state index is 0.0688. The lowest BCUT2D eigenvalue weighted by molar-refractivity contribution is -0.124. The molecule has 0 spiro atoms. The molecule has 4 rings (SSSR count). The molecule has 2 aromatic carbocycles. The van der Waals surface area contributed by atoms with Crippen molar-refractivity contribution >= 4 is 5.91 Å². The van der Waals surface area contributed by atoms with Gasteiger partial charge in [-0.15, -0.1) is 0 Å². The first-order valence-electron chi connectivity index (χ1n) is 10.9. The molecule has 1 amide bonds. The van der Waals surface area contributed by atoms with Crippen LogP contribution in [-0.2, 0) is 11.3 Å². The standard InChI is InChI=1S/C24H31N3O4/c1-18-4-2-7-22(10-18)31-23-14-27(15-23)13-20(28)17-30-21-6-3-5-19(11-21)12-26-9-8-25-24(29)16-26/h2-7,10-11,20,23,28H,8-9,12-17H2,1H3,(H,25,29). The number of nitrogens with one attached hydrogen (secondary N) is 1. The molecule has 7 nitrogen and oxygen atoms in total. The van der Waals surface area contributed by atoms with Crippen LogP contribution in [0.2, 0.25) is 0 Å². The zero-order valence-electron chi connectivity index (χ0n) is 18.0. The predicted molar refractivity (Wildman–Crippen MR) is 118 cm³/mol. The maximum Gasteiger partial charge on any atom is 0.234 e.